The number of amides is 2. The van der Waals surface area contributed by atoms with Gasteiger partial charge in [-0.2, -0.15) is 0 Å². The zero-order chi connectivity index (χ0) is 20.6. The van der Waals surface area contributed by atoms with Crippen molar-refractivity contribution in [2.24, 2.45) is 5.92 Å². The van der Waals surface area contributed by atoms with Crippen LogP contribution in [-0.4, -0.2) is 52.0 Å². The third-order valence-electron chi connectivity index (χ3n) is 5.78. The minimum atomic E-state index is -0.649. The Bertz CT molecular complexity index is 892. The quantitative estimate of drug-likeness (QED) is 0.849. The Kier molecular flexibility index (Phi) is 5.21. The third-order valence-corrected chi connectivity index (χ3v) is 5.78. The van der Waals surface area contributed by atoms with Crippen molar-refractivity contribution in [3.63, 3.8) is 0 Å². The van der Waals surface area contributed by atoms with Crippen LogP contribution < -0.4 is 5.32 Å². The highest BCUT2D eigenvalue weighted by atomic mass is 16.5. The van der Waals surface area contributed by atoms with Crippen molar-refractivity contribution in [2.45, 2.75) is 51.9 Å². The molecular weight excluding hydrogens is 372 g/mol. The average molecular weight is 400 g/mol. The summed E-state index contributed by atoms with van der Waals surface area (Å²) >= 11 is 0. The van der Waals surface area contributed by atoms with Gasteiger partial charge in [-0.1, -0.05) is 13.8 Å². The first-order chi connectivity index (χ1) is 13.9. The van der Waals surface area contributed by atoms with E-state index in [1.165, 1.54) is 6.26 Å². The van der Waals surface area contributed by atoms with Crippen LogP contribution >= 0.6 is 0 Å². The monoisotopic (exact) mass is 400 g/mol. The molecule has 1 fully saturated rings. The van der Waals surface area contributed by atoms with E-state index in [2.05, 4.69) is 24.1 Å². The lowest BCUT2D eigenvalue weighted by molar-refractivity contribution is -0.172. The molecule has 1 saturated heterocycles. The topological polar surface area (TPSA) is 89.6 Å². The van der Waals surface area contributed by atoms with Gasteiger partial charge in [0, 0.05) is 44.9 Å². The Morgan fingerprint density at radius 3 is 2.76 bits per heavy atom. The molecule has 2 amide bonds. The summed E-state index contributed by atoms with van der Waals surface area (Å²) in [5.74, 6) is 1.72. The van der Waals surface area contributed by atoms with Gasteiger partial charge in [0.05, 0.1) is 18.4 Å². The minimum absolute atomic E-state index is 0.0310. The predicted molar refractivity (Wildman–Crippen MR) is 105 cm³/mol. The van der Waals surface area contributed by atoms with E-state index in [1.807, 2.05) is 15.7 Å². The average Bonchev–Trinajstić information content (AvgIpc) is 3.35. The first-order valence-electron chi connectivity index (χ1n) is 10.2. The Labute approximate surface area is 170 Å². The van der Waals surface area contributed by atoms with Crippen molar-refractivity contribution in [2.75, 3.05) is 19.6 Å². The molecule has 4 rings (SSSR count). The van der Waals surface area contributed by atoms with Gasteiger partial charge in [-0.3, -0.25) is 9.59 Å². The Balaban J connectivity index is 1.49. The van der Waals surface area contributed by atoms with Crippen LogP contribution in [0.3, 0.4) is 0 Å². The van der Waals surface area contributed by atoms with Crippen LogP contribution in [0.5, 0.6) is 0 Å². The number of fused-ring (bicyclic) bond motifs is 2. The van der Waals surface area contributed by atoms with Gasteiger partial charge in [-0.25, -0.2) is 4.98 Å². The molecule has 0 bridgehead atoms. The fourth-order valence-corrected chi connectivity index (χ4v) is 4.14. The number of carbonyl (C=O) groups excluding carboxylic acids is 2. The number of furan rings is 1. The second kappa shape index (κ2) is 7.67. The lowest BCUT2D eigenvalue weighted by Gasteiger charge is -2.45. The molecule has 0 aromatic carbocycles. The fourth-order valence-electron chi connectivity index (χ4n) is 4.14. The molecule has 0 radical (unpaired) electrons. The normalized spacial score (nSPS) is 20.7. The number of likely N-dealkylation sites (tertiary alicyclic amines) is 1. The molecule has 0 unspecified atom stereocenters. The van der Waals surface area contributed by atoms with E-state index < -0.39 is 11.7 Å². The van der Waals surface area contributed by atoms with Gasteiger partial charge in [0.25, 0.3) is 11.8 Å². The van der Waals surface area contributed by atoms with Crippen LogP contribution in [0.15, 0.2) is 29.1 Å². The molecule has 2 aromatic rings. The largest absolute Gasteiger partial charge is 0.469 e. The predicted octanol–water partition coefficient (Wildman–Crippen LogP) is 2.09. The number of hydrogen-bond acceptors (Lipinski definition) is 5. The van der Waals surface area contributed by atoms with Gasteiger partial charge in [0.15, 0.2) is 6.10 Å². The Hall–Kier alpha value is -2.61. The number of carbonyl (C=O) groups is 2. The maximum atomic E-state index is 12.8. The molecule has 2 aliphatic heterocycles. The molecule has 0 saturated carbocycles. The zero-order valence-corrected chi connectivity index (χ0v) is 17.2. The van der Waals surface area contributed by atoms with E-state index in [4.69, 9.17) is 9.15 Å². The van der Waals surface area contributed by atoms with Crippen LogP contribution in [0.1, 0.15) is 48.6 Å². The van der Waals surface area contributed by atoms with Crippen LogP contribution in [-0.2, 0) is 21.7 Å². The third kappa shape index (κ3) is 3.69. The summed E-state index contributed by atoms with van der Waals surface area (Å²) in [4.78, 5) is 31.8. The fraction of sp³-hybridized carbons (Fsp3) is 0.571. The smallest absolute Gasteiger partial charge is 0.257 e. The standard InChI is InChI=1S/C21H28N4O4/c1-14(2)12-23-18(26)17-13-25-10-7-22-20(25)21(29-17)5-8-24(9-6-21)19(27)16-4-11-28-15(16)3/h4,7,10-11,14,17H,5-6,8-9,12-13H2,1-3H3,(H,23,26)/t17-/m1/s1. The molecule has 0 aliphatic carbocycles. The van der Waals surface area contributed by atoms with Crippen LogP contribution in [0.2, 0.25) is 0 Å². The number of rotatable bonds is 4. The summed E-state index contributed by atoms with van der Waals surface area (Å²) in [6, 6.07) is 1.71. The van der Waals surface area contributed by atoms with Crippen molar-refractivity contribution in [3.05, 3.63) is 41.9 Å². The summed E-state index contributed by atoms with van der Waals surface area (Å²) in [6.45, 7) is 8.07. The Morgan fingerprint density at radius 2 is 2.10 bits per heavy atom. The molecule has 2 aliphatic rings. The first kappa shape index (κ1) is 19.7. The Morgan fingerprint density at radius 1 is 1.34 bits per heavy atom. The zero-order valence-electron chi connectivity index (χ0n) is 17.2. The molecular formula is C21H28N4O4. The van der Waals surface area contributed by atoms with E-state index in [-0.39, 0.29) is 11.8 Å². The number of aryl methyl sites for hydroxylation is 1. The number of aromatic nitrogens is 2. The van der Waals surface area contributed by atoms with Gasteiger partial charge in [0.2, 0.25) is 0 Å². The summed E-state index contributed by atoms with van der Waals surface area (Å²) in [7, 11) is 0. The molecule has 1 atom stereocenters. The highest BCUT2D eigenvalue weighted by Gasteiger charge is 2.47. The van der Waals surface area contributed by atoms with Crippen molar-refractivity contribution >= 4 is 11.8 Å². The lowest BCUT2D eigenvalue weighted by atomic mass is 9.88. The van der Waals surface area contributed by atoms with Gasteiger partial charge in [-0.05, 0) is 18.9 Å². The van der Waals surface area contributed by atoms with Crippen LogP contribution in [0, 0.1) is 12.8 Å². The van der Waals surface area contributed by atoms with Crippen LogP contribution in [0.4, 0.5) is 0 Å². The minimum Gasteiger partial charge on any atom is -0.469 e. The number of nitrogens with one attached hydrogen (secondary N) is 1. The van der Waals surface area contributed by atoms with E-state index in [9.17, 15) is 9.59 Å². The van der Waals surface area contributed by atoms with E-state index >= 15 is 0 Å². The molecule has 2 aromatic heterocycles. The van der Waals surface area contributed by atoms with E-state index in [0.717, 1.165) is 5.82 Å². The number of hydrogen-bond donors (Lipinski definition) is 1. The van der Waals surface area contributed by atoms with Crippen molar-refractivity contribution in [1.29, 1.82) is 0 Å². The summed E-state index contributed by atoms with van der Waals surface area (Å²) in [5.41, 5.74) is -0.0537. The number of piperidine rings is 1. The molecule has 8 nitrogen and oxygen atoms in total. The highest BCUT2D eigenvalue weighted by molar-refractivity contribution is 5.95. The number of imidazole rings is 1. The second-order valence-corrected chi connectivity index (χ2v) is 8.33. The lowest BCUT2D eigenvalue weighted by Crippen LogP contribution is -2.55. The summed E-state index contributed by atoms with van der Waals surface area (Å²) in [6.07, 6.45) is 5.82. The molecule has 156 valence electrons. The molecule has 4 heterocycles. The van der Waals surface area contributed by atoms with Gasteiger partial charge in [-0.15, -0.1) is 0 Å². The highest BCUT2D eigenvalue weighted by Crippen LogP contribution is 2.40. The SMILES string of the molecule is Cc1occc1C(=O)N1CCC2(CC1)O[C@@H](C(=O)NCC(C)C)Cn1ccnc12. The maximum Gasteiger partial charge on any atom is 0.257 e. The molecule has 29 heavy (non-hydrogen) atoms. The molecule has 8 heteroatoms. The van der Waals surface area contributed by atoms with E-state index in [1.54, 1.807) is 19.2 Å². The number of nitrogens with zero attached hydrogens (tertiary/aromatic N) is 3. The summed E-state index contributed by atoms with van der Waals surface area (Å²) in [5, 5.41) is 2.98. The van der Waals surface area contributed by atoms with Crippen molar-refractivity contribution in [1.82, 2.24) is 19.8 Å². The molecule has 1 spiro atoms. The van der Waals surface area contributed by atoms with Gasteiger partial charge in [0.1, 0.15) is 17.2 Å². The maximum absolute atomic E-state index is 12.8. The van der Waals surface area contributed by atoms with Gasteiger partial charge >= 0.3 is 0 Å². The van der Waals surface area contributed by atoms with Crippen molar-refractivity contribution in [3.8, 4) is 0 Å². The van der Waals surface area contributed by atoms with E-state index in [0.29, 0.717) is 56.3 Å². The van der Waals surface area contributed by atoms with Crippen molar-refractivity contribution < 1.29 is 18.7 Å². The van der Waals surface area contributed by atoms with Crippen LogP contribution in [0.25, 0.3) is 0 Å². The first-order valence-corrected chi connectivity index (χ1v) is 10.2. The van der Waals surface area contributed by atoms with Gasteiger partial charge < -0.3 is 23.9 Å². The molecule has 1 N–H and O–H groups in total. The second-order valence-electron chi connectivity index (χ2n) is 8.33. The number of ether oxygens (including phenoxy) is 1. The summed E-state index contributed by atoms with van der Waals surface area (Å²) < 4.78 is 13.7.